The number of aromatic nitrogens is 2. The van der Waals surface area contributed by atoms with Crippen LogP contribution in [0.25, 0.3) is 15.9 Å². The number of ether oxygens (including phenoxy) is 1. The lowest BCUT2D eigenvalue weighted by molar-refractivity contribution is -0.913. The molecule has 0 saturated carbocycles. The van der Waals surface area contributed by atoms with Gasteiger partial charge < -0.3 is 9.64 Å². The van der Waals surface area contributed by atoms with Crippen LogP contribution in [0.3, 0.4) is 0 Å². The summed E-state index contributed by atoms with van der Waals surface area (Å²) < 4.78 is 7.11. The van der Waals surface area contributed by atoms with Crippen LogP contribution in [0, 0.1) is 0 Å². The lowest BCUT2D eigenvalue weighted by Gasteiger charge is -2.22. The van der Waals surface area contributed by atoms with Gasteiger partial charge in [-0.3, -0.25) is 9.36 Å². The van der Waals surface area contributed by atoms with E-state index in [9.17, 15) is 4.79 Å². The van der Waals surface area contributed by atoms with Crippen molar-refractivity contribution in [2.24, 2.45) is 0 Å². The first-order valence-electron chi connectivity index (χ1n) is 9.34. The Morgan fingerprint density at radius 1 is 1.37 bits per heavy atom. The number of thiophene rings is 1. The predicted molar refractivity (Wildman–Crippen MR) is 112 cm³/mol. The maximum Gasteiger partial charge on any atom is 0.267 e. The molecule has 0 spiro atoms. The Kier molecular flexibility index (Phi) is 5.25. The van der Waals surface area contributed by atoms with Gasteiger partial charge in [0.05, 0.1) is 36.2 Å². The minimum absolute atomic E-state index is 0.0432. The first-order chi connectivity index (χ1) is 13.2. The average molecular weight is 403 g/mol. The molecule has 1 aliphatic rings. The number of hydrogen-bond acceptors (Lipinski definition) is 5. The minimum Gasteiger partial charge on any atom is -0.497 e. The molecule has 2 aromatic heterocycles. The number of hydrogen-bond donors (Lipinski definition) is 1. The summed E-state index contributed by atoms with van der Waals surface area (Å²) in [7, 11) is 1.64. The van der Waals surface area contributed by atoms with Gasteiger partial charge >= 0.3 is 0 Å². The summed E-state index contributed by atoms with van der Waals surface area (Å²) in [6.07, 6.45) is 0.952. The molecule has 0 saturated heterocycles. The molecule has 0 fully saturated rings. The fraction of sp³-hybridized carbons (Fsp3) is 0.400. The minimum atomic E-state index is 0.0432. The molecule has 0 aliphatic carbocycles. The van der Waals surface area contributed by atoms with Gasteiger partial charge in [0.15, 0.2) is 5.16 Å². The van der Waals surface area contributed by atoms with Gasteiger partial charge in [0.1, 0.15) is 17.1 Å². The smallest absolute Gasteiger partial charge is 0.267 e. The van der Waals surface area contributed by atoms with Crippen LogP contribution < -0.4 is 15.2 Å². The fourth-order valence-electron chi connectivity index (χ4n) is 3.66. The molecule has 1 N–H and O–H groups in total. The van der Waals surface area contributed by atoms with Crippen LogP contribution >= 0.6 is 23.1 Å². The van der Waals surface area contributed by atoms with E-state index in [0.29, 0.717) is 0 Å². The number of methoxy groups -OCH3 is 1. The van der Waals surface area contributed by atoms with Gasteiger partial charge in [-0.2, -0.15) is 0 Å². The molecular formula is C20H24N3O2S2+. The van der Waals surface area contributed by atoms with Crippen molar-refractivity contribution in [3.05, 3.63) is 45.1 Å². The highest BCUT2D eigenvalue weighted by atomic mass is 32.2. The second-order valence-corrected chi connectivity index (χ2v) is 8.95. The number of quaternary nitrogens is 1. The maximum atomic E-state index is 13.6. The standard InChI is InChI=1S/C20H23N3O2S2/c1-4-22-10-9-15-16(12-22)27-18-17(15)19(24)23(20(21-18)26-5-2)13-7-6-8-14(11-13)25-3/h6-8,11H,4-5,9-10,12H2,1-3H3/p+1. The number of nitrogens with one attached hydrogen (secondary N) is 1. The van der Waals surface area contributed by atoms with Crippen LogP contribution in [0.2, 0.25) is 0 Å². The summed E-state index contributed by atoms with van der Waals surface area (Å²) in [6, 6.07) is 7.65. The highest BCUT2D eigenvalue weighted by Crippen LogP contribution is 2.32. The van der Waals surface area contributed by atoms with E-state index >= 15 is 0 Å². The topological polar surface area (TPSA) is 48.6 Å². The molecule has 0 bridgehead atoms. The molecule has 7 heteroatoms. The number of likely N-dealkylation sites (N-methyl/N-ethyl adjacent to an activating group) is 1. The highest BCUT2D eigenvalue weighted by Gasteiger charge is 2.27. The Morgan fingerprint density at radius 2 is 2.22 bits per heavy atom. The van der Waals surface area contributed by atoms with E-state index in [0.717, 1.165) is 58.6 Å². The SMILES string of the molecule is CCSc1nc2sc3c(c2c(=O)n1-c1cccc(OC)c1)CC[NH+](CC)C3. The second-order valence-electron chi connectivity index (χ2n) is 6.63. The summed E-state index contributed by atoms with van der Waals surface area (Å²) in [4.78, 5) is 22.3. The number of rotatable bonds is 5. The molecule has 1 unspecified atom stereocenters. The van der Waals surface area contributed by atoms with E-state index in [1.807, 2.05) is 24.3 Å². The summed E-state index contributed by atoms with van der Waals surface area (Å²) in [5, 5.41) is 1.56. The van der Waals surface area contributed by atoms with Crippen molar-refractivity contribution in [2.75, 3.05) is 26.0 Å². The summed E-state index contributed by atoms with van der Waals surface area (Å²) in [5.41, 5.74) is 2.07. The quantitative estimate of drug-likeness (QED) is 0.526. The van der Waals surface area contributed by atoms with Crippen molar-refractivity contribution in [3.63, 3.8) is 0 Å². The fourth-order valence-corrected chi connectivity index (χ4v) is 5.73. The first kappa shape index (κ1) is 18.5. The first-order valence-corrected chi connectivity index (χ1v) is 11.1. The third-order valence-electron chi connectivity index (χ3n) is 5.10. The number of benzene rings is 1. The van der Waals surface area contributed by atoms with Crippen molar-refractivity contribution >= 4 is 33.3 Å². The van der Waals surface area contributed by atoms with Crippen molar-refractivity contribution < 1.29 is 9.64 Å². The zero-order valence-corrected chi connectivity index (χ0v) is 17.5. The second kappa shape index (κ2) is 7.66. The largest absolute Gasteiger partial charge is 0.497 e. The number of nitrogens with zero attached hydrogens (tertiary/aromatic N) is 2. The lowest BCUT2D eigenvalue weighted by Crippen LogP contribution is -3.11. The van der Waals surface area contributed by atoms with E-state index in [4.69, 9.17) is 9.72 Å². The van der Waals surface area contributed by atoms with Gasteiger partial charge in [-0.25, -0.2) is 4.98 Å². The Balaban J connectivity index is 1.96. The zero-order valence-electron chi connectivity index (χ0n) is 15.9. The molecule has 1 aliphatic heterocycles. The van der Waals surface area contributed by atoms with Crippen LogP contribution in [-0.2, 0) is 13.0 Å². The molecule has 1 aromatic carbocycles. The number of fused-ring (bicyclic) bond motifs is 3. The molecule has 1 atom stereocenters. The van der Waals surface area contributed by atoms with E-state index in [1.165, 1.54) is 10.4 Å². The third kappa shape index (κ3) is 3.28. The van der Waals surface area contributed by atoms with Crippen LogP contribution in [0.5, 0.6) is 5.75 Å². The molecule has 4 rings (SSSR count). The maximum absolute atomic E-state index is 13.6. The van der Waals surface area contributed by atoms with Crippen molar-refractivity contribution in [3.8, 4) is 11.4 Å². The number of thioether (sulfide) groups is 1. The van der Waals surface area contributed by atoms with E-state index in [-0.39, 0.29) is 5.56 Å². The van der Waals surface area contributed by atoms with Crippen molar-refractivity contribution in [1.29, 1.82) is 0 Å². The van der Waals surface area contributed by atoms with Crippen LogP contribution in [0.15, 0.2) is 34.2 Å². The van der Waals surface area contributed by atoms with Crippen LogP contribution in [-0.4, -0.2) is 35.5 Å². The van der Waals surface area contributed by atoms with E-state index in [1.54, 1.807) is 39.7 Å². The Bertz CT molecular complexity index is 1040. The van der Waals surface area contributed by atoms with Crippen molar-refractivity contribution in [2.45, 2.75) is 32.0 Å². The summed E-state index contributed by atoms with van der Waals surface area (Å²) >= 11 is 3.30. The predicted octanol–water partition coefficient (Wildman–Crippen LogP) is 2.53. The van der Waals surface area contributed by atoms with Crippen LogP contribution in [0.1, 0.15) is 24.3 Å². The molecule has 142 valence electrons. The monoisotopic (exact) mass is 402 g/mol. The molecule has 27 heavy (non-hydrogen) atoms. The van der Waals surface area contributed by atoms with Crippen molar-refractivity contribution in [1.82, 2.24) is 9.55 Å². The zero-order chi connectivity index (χ0) is 19.0. The molecule has 3 heterocycles. The third-order valence-corrected chi connectivity index (χ3v) is 7.05. The van der Waals surface area contributed by atoms with E-state index in [2.05, 4.69) is 13.8 Å². The van der Waals surface area contributed by atoms with Gasteiger partial charge in [-0.15, -0.1) is 11.3 Å². The normalized spacial score (nSPS) is 16.5. The Hall–Kier alpha value is -1.83. The summed E-state index contributed by atoms with van der Waals surface area (Å²) in [5.74, 6) is 1.60. The van der Waals surface area contributed by atoms with Crippen LogP contribution in [0.4, 0.5) is 0 Å². The molecular weight excluding hydrogens is 378 g/mol. The van der Waals surface area contributed by atoms with Gasteiger partial charge in [0, 0.05) is 12.5 Å². The van der Waals surface area contributed by atoms with Gasteiger partial charge in [-0.1, -0.05) is 24.8 Å². The molecule has 0 radical (unpaired) electrons. The van der Waals surface area contributed by atoms with Gasteiger partial charge in [0.25, 0.3) is 5.56 Å². The molecule has 0 amide bonds. The Labute approximate surface area is 167 Å². The van der Waals surface area contributed by atoms with E-state index < -0.39 is 0 Å². The van der Waals surface area contributed by atoms with Gasteiger partial charge in [0.2, 0.25) is 0 Å². The molecule has 5 nitrogen and oxygen atoms in total. The van der Waals surface area contributed by atoms with Gasteiger partial charge in [-0.05, 0) is 30.4 Å². The molecule has 3 aromatic rings. The Morgan fingerprint density at radius 3 is 2.96 bits per heavy atom. The highest BCUT2D eigenvalue weighted by molar-refractivity contribution is 7.99. The summed E-state index contributed by atoms with van der Waals surface area (Å²) in [6.45, 7) is 7.50. The average Bonchev–Trinajstić information content (AvgIpc) is 3.06. The lowest BCUT2D eigenvalue weighted by atomic mass is 10.1.